The van der Waals surface area contributed by atoms with E-state index in [0.717, 1.165) is 54.4 Å². The Morgan fingerprint density at radius 3 is 2.77 bits per heavy atom. The highest BCUT2D eigenvalue weighted by Gasteiger charge is 2.50. The van der Waals surface area contributed by atoms with E-state index in [1.807, 2.05) is 17.0 Å². The van der Waals surface area contributed by atoms with Crippen LogP contribution in [0.3, 0.4) is 0 Å². The van der Waals surface area contributed by atoms with Gasteiger partial charge in [0, 0.05) is 41.1 Å². The van der Waals surface area contributed by atoms with Gasteiger partial charge in [0.15, 0.2) is 5.13 Å². The number of nitrogens with zero attached hydrogens (tertiary/aromatic N) is 3. The number of carbonyl (C=O) groups excluding carboxylic acids is 2. The van der Waals surface area contributed by atoms with Crippen LogP contribution in [0.25, 0.3) is 0 Å². The zero-order valence-electron chi connectivity index (χ0n) is 17.1. The molecule has 3 amide bonds. The van der Waals surface area contributed by atoms with Gasteiger partial charge in [0.2, 0.25) is 5.91 Å². The summed E-state index contributed by atoms with van der Waals surface area (Å²) in [5.74, 6) is 0.467. The number of anilines is 2. The first kappa shape index (κ1) is 21.2. The quantitative estimate of drug-likeness (QED) is 0.552. The second-order valence-corrected chi connectivity index (χ2v) is 11.3. The van der Waals surface area contributed by atoms with Gasteiger partial charge in [0.1, 0.15) is 4.34 Å². The van der Waals surface area contributed by atoms with Crippen LogP contribution in [0.15, 0.2) is 28.9 Å². The molecule has 1 aliphatic carbocycles. The molecule has 1 N–H and O–H groups in total. The number of rotatable bonds is 2. The summed E-state index contributed by atoms with van der Waals surface area (Å²) >= 11 is 10.8. The molecule has 1 saturated heterocycles. The first-order valence-corrected chi connectivity index (χ1v) is 12.7. The number of nitrogens with one attached hydrogen (secondary N) is 1. The number of benzene rings is 1. The molecule has 2 fully saturated rings. The van der Waals surface area contributed by atoms with E-state index in [4.69, 9.17) is 11.6 Å². The zero-order valence-corrected chi connectivity index (χ0v) is 20.2. The fourth-order valence-electron chi connectivity index (χ4n) is 5.31. The molecule has 3 aliphatic rings. The van der Waals surface area contributed by atoms with Crippen molar-refractivity contribution in [2.75, 3.05) is 29.9 Å². The van der Waals surface area contributed by atoms with Gasteiger partial charge in [-0.3, -0.25) is 15.0 Å². The number of thiazole rings is 1. The smallest absolute Gasteiger partial charge is 0.328 e. The summed E-state index contributed by atoms with van der Waals surface area (Å²) in [6.07, 6.45) is 7.96. The highest BCUT2D eigenvalue weighted by Crippen LogP contribution is 2.48. The van der Waals surface area contributed by atoms with Crippen LogP contribution in [0.2, 0.25) is 4.34 Å². The van der Waals surface area contributed by atoms with Gasteiger partial charge in [-0.25, -0.2) is 9.78 Å². The van der Waals surface area contributed by atoms with Gasteiger partial charge in [-0.05, 0) is 43.0 Å². The Morgan fingerprint density at radius 2 is 2.03 bits per heavy atom. The van der Waals surface area contributed by atoms with Crippen molar-refractivity contribution in [1.82, 2.24) is 9.88 Å². The molecule has 1 unspecified atom stereocenters. The standard InChI is InChI=1S/C22H24BrClN4O2S/c23-15-6-7-17-16(10-15)22(13-28(17)21(30)26-20-25-11-18(24)31-20)8-9-27(12-22)19(29)14-4-2-1-3-5-14/h6-7,10-11,14H,1-5,8-9,12-13H2,(H,25,26,30). The minimum atomic E-state index is -0.235. The van der Waals surface area contributed by atoms with Crippen molar-refractivity contribution in [2.24, 2.45) is 5.92 Å². The Morgan fingerprint density at radius 1 is 1.23 bits per heavy atom. The molecule has 2 aliphatic heterocycles. The maximum absolute atomic E-state index is 13.2. The van der Waals surface area contributed by atoms with E-state index in [2.05, 4.69) is 32.3 Å². The number of urea groups is 1. The fourth-order valence-corrected chi connectivity index (χ4v) is 6.47. The van der Waals surface area contributed by atoms with Gasteiger partial charge in [0.25, 0.3) is 0 Å². The minimum absolute atomic E-state index is 0.168. The molecular weight excluding hydrogens is 500 g/mol. The van der Waals surface area contributed by atoms with Gasteiger partial charge in [-0.15, -0.1) is 0 Å². The predicted molar refractivity (Wildman–Crippen MR) is 127 cm³/mol. The summed E-state index contributed by atoms with van der Waals surface area (Å²) in [7, 11) is 0. The Labute approximate surface area is 199 Å². The lowest BCUT2D eigenvalue weighted by atomic mass is 9.81. The molecule has 1 spiro atoms. The molecule has 164 valence electrons. The monoisotopic (exact) mass is 522 g/mol. The average Bonchev–Trinajstić information content (AvgIpc) is 3.47. The lowest BCUT2D eigenvalue weighted by Gasteiger charge is -2.29. The second-order valence-electron chi connectivity index (χ2n) is 8.77. The van der Waals surface area contributed by atoms with Crippen LogP contribution < -0.4 is 10.2 Å². The zero-order chi connectivity index (χ0) is 21.6. The number of carbonyl (C=O) groups is 2. The number of likely N-dealkylation sites (tertiary alicyclic amines) is 1. The summed E-state index contributed by atoms with van der Waals surface area (Å²) in [6, 6.07) is 5.83. The number of hydrogen-bond acceptors (Lipinski definition) is 4. The molecule has 1 atom stereocenters. The van der Waals surface area contributed by atoms with Crippen molar-refractivity contribution >= 4 is 61.6 Å². The third-order valence-electron chi connectivity index (χ3n) is 6.84. The third kappa shape index (κ3) is 3.98. The molecule has 0 radical (unpaired) electrons. The van der Waals surface area contributed by atoms with Crippen LogP contribution in [0.4, 0.5) is 15.6 Å². The maximum atomic E-state index is 13.2. The Hall–Kier alpha value is -1.64. The molecule has 1 saturated carbocycles. The topological polar surface area (TPSA) is 65.5 Å². The highest BCUT2D eigenvalue weighted by molar-refractivity contribution is 9.10. The largest absolute Gasteiger partial charge is 0.341 e. The van der Waals surface area contributed by atoms with Crippen molar-refractivity contribution in [3.8, 4) is 0 Å². The third-order valence-corrected chi connectivity index (χ3v) is 8.36. The highest BCUT2D eigenvalue weighted by atomic mass is 79.9. The van der Waals surface area contributed by atoms with Crippen LogP contribution in [0, 0.1) is 5.92 Å². The van der Waals surface area contributed by atoms with Gasteiger partial charge in [-0.1, -0.05) is 58.1 Å². The van der Waals surface area contributed by atoms with Crippen molar-refractivity contribution in [3.63, 3.8) is 0 Å². The van der Waals surface area contributed by atoms with Crippen LogP contribution in [-0.2, 0) is 10.2 Å². The predicted octanol–water partition coefficient (Wildman–Crippen LogP) is 5.66. The van der Waals surface area contributed by atoms with Crippen molar-refractivity contribution in [3.05, 3.63) is 38.8 Å². The van der Waals surface area contributed by atoms with Gasteiger partial charge in [0.05, 0.1) is 6.20 Å². The lowest BCUT2D eigenvalue weighted by molar-refractivity contribution is -0.135. The Bertz CT molecular complexity index is 1020. The van der Waals surface area contributed by atoms with E-state index in [1.165, 1.54) is 24.0 Å². The summed E-state index contributed by atoms with van der Waals surface area (Å²) in [6.45, 7) is 1.97. The summed E-state index contributed by atoms with van der Waals surface area (Å²) < 4.78 is 1.52. The van der Waals surface area contributed by atoms with Crippen LogP contribution in [-0.4, -0.2) is 41.5 Å². The molecule has 9 heteroatoms. The molecule has 1 aromatic carbocycles. The van der Waals surface area contributed by atoms with Crippen LogP contribution in [0.5, 0.6) is 0 Å². The van der Waals surface area contributed by atoms with Gasteiger partial charge in [-0.2, -0.15) is 0 Å². The molecule has 31 heavy (non-hydrogen) atoms. The molecule has 6 nitrogen and oxygen atoms in total. The molecule has 5 rings (SSSR count). The molecular formula is C22H24BrClN4O2S. The number of aromatic nitrogens is 1. The van der Waals surface area contributed by atoms with Crippen molar-refractivity contribution in [1.29, 1.82) is 0 Å². The normalized spacial score (nSPS) is 23.4. The van der Waals surface area contributed by atoms with E-state index < -0.39 is 0 Å². The van der Waals surface area contributed by atoms with E-state index in [9.17, 15) is 9.59 Å². The van der Waals surface area contributed by atoms with E-state index >= 15 is 0 Å². The Kier molecular flexibility index (Phi) is 5.73. The Balaban J connectivity index is 1.39. The average molecular weight is 524 g/mol. The number of hydrogen-bond donors (Lipinski definition) is 1. The molecule has 1 aromatic heterocycles. The minimum Gasteiger partial charge on any atom is -0.341 e. The second kappa shape index (κ2) is 8.37. The van der Waals surface area contributed by atoms with Crippen LogP contribution >= 0.6 is 38.9 Å². The maximum Gasteiger partial charge on any atom is 0.328 e. The molecule has 3 heterocycles. The van der Waals surface area contributed by atoms with Gasteiger partial charge < -0.3 is 4.90 Å². The van der Waals surface area contributed by atoms with Crippen LogP contribution in [0.1, 0.15) is 44.1 Å². The summed E-state index contributed by atoms with van der Waals surface area (Å²) in [5, 5.41) is 3.35. The fraction of sp³-hybridized carbons (Fsp3) is 0.500. The SMILES string of the molecule is O=C(C1CCCCC1)N1CCC2(C1)CN(C(=O)Nc1ncc(Cl)s1)c1ccc(Br)cc12. The summed E-state index contributed by atoms with van der Waals surface area (Å²) in [5.41, 5.74) is 1.80. The number of amides is 3. The van der Waals surface area contributed by atoms with E-state index in [0.29, 0.717) is 28.5 Å². The lowest BCUT2D eigenvalue weighted by Crippen LogP contribution is -2.42. The van der Waals surface area contributed by atoms with Crippen molar-refractivity contribution < 1.29 is 9.59 Å². The van der Waals surface area contributed by atoms with Gasteiger partial charge >= 0.3 is 6.03 Å². The van der Waals surface area contributed by atoms with E-state index in [-0.39, 0.29) is 17.4 Å². The number of halogens is 2. The molecule has 2 aromatic rings. The first-order chi connectivity index (χ1) is 14.9. The van der Waals surface area contributed by atoms with Crippen molar-refractivity contribution in [2.45, 2.75) is 43.9 Å². The van der Waals surface area contributed by atoms with E-state index in [1.54, 1.807) is 4.90 Å². The first-order valence-electron chi connectivity index (χ1n) is 10.7. The molecule has 0 bridgehead atoms. The summed E-state index contributed by atoms with van der Waals surface area (Å²) in [4.78, 5) is 34.3. The number of fused-ring (bicyclic) bond motifs is 2.